The summed E-state index contributed by atoms with van der Waals surface area (Å²) in [6.07, 6.45) is 3.92. The molecule has 0 heterocycles. The number of aliphatic hydroxyl groups is 1. The Morgan fingerprint density at radius 1 is 1.47 bits per heavy atom. The maximum absolute atomic E-state index is 9.98. The van der Waals surface area contributed by atoms with E-state index < -0.39 is 0 Å². The van der Waals surface area contributed by atoms with Crippen molar-refractivity contribution >= 4 is 11.3 Å². The Morgan fingerprint density at radius 2 is 2.24 bits per heavy atom. The van der Waals surface area contributed by atoms with Crippen molar-refractivity contribution in [3.05, 3.63) is 36.4 Å². The predicted octanol–water partition coefficient (Wildman–Crippen LogP) is 3.44. The predicted molar refractivity (Wildman–Crippen MR) is 73.1 cm³/mol. The fourth-order valence-corrected chi connectivity index (χ4v) is 2.17. The monoisotopic (exact) mass is 231 g/mol. The molecule has 0 saturated heterocycles. The summed E-state index contributed by atoms with van der Waals surface area (Å²) in [6.45, 7) is 6.78. The van der Waals surface area contributed by atoms with Gasteiger partial charge in [-0.3, -0.25) is 0 Å². The molecule has 0 unspecified atom stereocenters. The van der Waals surface area contributed by atoms with E-state index in [4.69, 9.17) is 0 Å². The van der Waals surface area contributed by atoms with Gasteiger partial charge in [-0.15, -0.1) is 0 Å². The first-order valence-electron chi connectivity index (χ1n) is 6.31. The van der Waals surface area contributed by atoms with Crippen LogP contribution in [0.15, 0.2) is 30.8 Å². The highest BCUT2D eigenvalue weighted by Crippen LogP contribution is 2.34. The highest BCUT2D eigenvalue weighted by atomic mass is 16.3. The van der Waals surface area contributed by atoms with E-state index in [0.29, 0.717) is 0 Å². The molecule has 2 nitrogen and oxygen atoms in total. The van der Waals surface area contributed by atoms with E-state index in [0.717, 1.165) is 42.6 Å². The largest absolute Gasteiger partial charge is 0.390 e. The summed E-state index contributed by atoms with van der Waals surface area (Å²) in [6, 6.07) is 8.25. The maximum atomic E-state index is 9.98. The van der Waals surface area contributed by atoms with Gasteiger partial charge in [-0.1, -0.05) is 24.3 Å². The van der Waals surface area contributed by atoms with Crippen molar-refractivity contribution in [1.82, 2.24) is 0 Å². The minimum absolute atomic E-state index is 0.390. The molecule has 0 aromatic heterocycles. The molecule has 0 bridgehead atoms. The van der Waals surface area contributed by atoms with Gasteiger partial charge in [0.1, 0.15) is 0 Å². The minimum Gasteiger partial charge on any atom is -0.390 e. The van der Waals surface area contributed by atoms with Crippen molar-refractivity contribution in [2.45, 2.75) is 38.2 Å². The second-order valence-corrected chi connectivity index (χ2v) is 5.12. The first kappa shape index (κ1) is 12.2. The molecule has 0 spiro atoms. The van der Waals surface area contributed by atoms with Crippen LogP contribution in [0.3, 0.4) is 0 Å². The standard InChI is InChI=1S/C15H21NO/c1-12(2)13-5-3-6-14(11-13)16-10-9-15(17)7-4-8-15/h3,5-6,11,16-17H,1,4,7-10H2,2H3. The van der Waals surface area contributed by atoms with Gasteiger partial charge in [-0.25, -0.2) is 0 Å². The molecule has 0 atom stereocenters. The third-order valence-corrected chi connectivity index (χ3v) is 3.56. The highest BCUT2D eigenvalue weighted by Gasteiger charge is 2.33. The Hall–Kier alpha value is -1.28. The first-order valence-corrected chi connectivity index (χ1v) is 6.31. The summed E-state index contributed by atoms with van der Waals surface area (Å²) in [7, 11) is 0. The summed E-state index contributed by atoms with van der Waals surface area (Å²) >= 11 is 0. The molecule has 92 valence electrons. The number of rotatable bonds is 5. The fraction of sp³-hybridized carbons (Fsp3) is 0.467. The zero-order chi connectivity index (χ0) is 12.3. The summed E-state index contributed by atoms with van der Waals surface area (Å²) in [5.74, 6) is 0. The molecule has 1 aliphatic rings. The van der Waals surface area contributed by atoms with E-state index in [-0.39, 0.29) is 5.60 Å². The van der Waals surface area contributed by atoms with Crippen LogP contribution in [-0.4, -0.2) is 17.3 Å². The van der Waals surface area contributed by atoms with Crippen molar-refractivity contribution in [2.24, 2.45) is 0 Å². The van der Waals surface area contributed by atoms with E-state index in [2.05, 4.69) is 30.1 Å². The van der Waals surface area contributed by atoms with Gasteiger partial charge in [-0.05, 0) is 50.3 Å². The Bertz CT molecular complexity index is 407. The van der Waals surface area contributed by atoms with Crippen LogP contribution >= 0.6 is 0 Å². The Labute approximate surface area is 103 Å². The zero-order valence-corrected chi connectivity index (χ0v) is 10.5. The van der Waals surface area contributed by atoms with Crippen LogP contribution in [0.25, 0.3) is 5.57 Å². The summed E-state index contributed by atoms with van der Waals surface area (Å²) in [5.41, 5.74) is 2.95. The topological polar surface area (TPSA) is 32.3 Å². The number of hydrogen-bond donors (Lipinski definition) is 2. The van der Waals surface area contributed by atoms with Crippen LogP contribution in [0.1, 0.15) is 38.2 Å². The highest BCUT2D eigenvalue weighted by molar-refractivity contribution is 5.65. The Kier molecular flexibility index (Phi) is 3.53. The molecule has 2 heteroatoms. The smallest absolute Gasteiger partial charge is 0.0664 e. The second kappa shape index (κ2) is 4.92. The minimum atomic E-state index is -0.390. The van der Waals surface area contributed by atoms with Crippen LogP contribution < -0.4 is 5.32 Å². The van der Waals surface area contributed by atoms with E-state index in [1.54, 1.807) is 0 Å². The van der Waals surface area contributed by atoms with Gasteiger partial charge in [0.2, 0.25) is 0 Å². The second-order valence-electron chi connectivity index (χ2n) is 5.12. The molecule has 1 aromatic rings. The maximum Gasteiger partial charge on any atom is 0.0664 e. The van der Waals surface area contributed by atoms with Crippen LogP contribution in [0.5, 0.6) is 0 Å². The molecule has 0 aliphatic heterocycles. The quantitative estimate of drug-likeness (QED) is 0.813. The third-order valence-electron chi connectivity index (χ3n) is 3.56. The van der Waals surface area contributed by atoms with E-state index >= 15 is 0 Å². The van der Waals surface area contributed by atoms with E-state index in [1.165, 1.54) is 6.42 Å². The normalized spacial score (nSPS) is 17.3. The van der Waals surface area contributed by atoms with Gasteiger partial charge in [-0.2, -0.15) is 0 Å². The van der Waals surface area contributed by atoms with Crippen molar-refractivity contribution in [3.8, 4) is 0 Å². The summed E-state index contributed by atoms with van der Waals surface area (Å²) in [5, 5.41) is 13.3. The number of allylic oxidation sites excluding steroid dienone is 1. The lowest BCUT2D eigenvalue weighted by Crippen LogP contribution is -2.38. The number of hydrogen-bond acceptors (Lipinski definition) is 2. The Morgan fingerprint density at radius 3 is 2.82 bits per heavy atom. The molecule has 1 aromatic carbocycles. The van der Waals surface area contributed by atoms with Crippen LogP contribution in [0.4, 0.5) is 5.69 Å². The van der Waals surface area contributed by atoms with E-state index in [9.17, 15) is 5.11 Å². The number of anilines is 1. The molecule has 1 saturated carbocycles. The zero-order valence-electron chi connectivity index (χ0n) is 10.5. The molecular weight excluding hydrogens is 210 g/mol. The van der Waals surface area contributed by atoms with Gasteiger partial charge in [0.25, 0.3) is 0 Å². The molecule has 2 N–H and O–H groups in total. The van der Waals surface area contributed by atoms with Gasteiger partial charge in [0.05, 0.1) is 5.60 Å². The van der Waals surface area contributed by atoms with Gasteiger partial charge in [0.15, 0.2) is 0 Å². The molecule has 0 radical (unpaired) electrons. The van der Waals surface area contributed by atoms with Crippen LogP contribution in [-0.2, 0) is 0 Å². The number of benzene rings is 1. The fourth-order valence-electron chi connectivity index (χ4n) is 2.17. The average Bonchev–Trinajstić information content (AvgIpc) is 2.27. The SMILES string of the molecule is C=C(C)c1cccc(NCCC2(O)CCC2)c1. The van der Waals surface area contributed by atoms with Crippen molar-refractivity contribution in [2.75, 3.05) is 11.9 Å². The van der Waals surface area contributed by atoms with Crippen LogP contribution in [0.2, 0.25) is 0 Å². The average molecular weight is 231 g/mol. The van der Waals surface area contributed by atoms with E-state index in [1.807, 2.05) is 13.0 Å². The Balaban J connectivity index is 1.86. The van der Waals surface area contributed by atoms with Crippen LogP contribution in [0, 0.1) is 0 Å². The van der Waals surface area contributed by atoms with Gasteiger partial charge < -0.3 is 10.4 Å². The third kappa shape index (κ3) is 3.10. The van der Waals surface area contributed by atoms with Crippen molar-refractivity contribution < 1.29 is 5.11 Å². The van der Waals surface area contributed by atoms with Gasteiger partial charge in [0, 0.05) is 12.2 Å². The lowest BCUT2D eigenvalue weighted by Gasteiger charge is -2.36. The van der Waals surface area contributed by atoms with Crippen molar-refractivity contribution in [3.63, 3.8) is 0 Å². The first-order chi connectivity index (χ1) is 8.09. The van der Waals surface area contributed by atoms with Gasteiger partial charge >= 0.3 is 0 Å². The molecule has 1 fully saturated rings. The summed E-state index contributed by atoms with van der Waals surface area (Å²) < 4.78 is 0. The summed E-state index contributed by atoms with van der Waals surface area (Å²) in [4.78, 5) is 0. The van der Waals surface area contributed by atoms with Crippen molar-refractivity contribution in [1.29, 1.82) is 0 Å². The lowest BCUT2D eigenvalue weighted by atomic mass is 9.78. The molecule has 2 rings (SSSR count). The molecule has 0 amide bonds. The molecule has 1 aliphatic carbocycles. The number of nitrogens with one attached hydrogen (secondary N) is 1. The lowest BCUT2D eigenvalue weighted by molar-refractivity contribution is -0.0370. The molecular formula is C15H21NO. The molecule has 17 heavy (non-hydrogen) atoms.